The van der Waals surface area contributed by atoms with Crippen LogP contribution in [0, 0.1) is 5.41 Å². The predicted octanol–water partition coefficient (Wildman–Crippen LogP) is 6.15. The van der Waals surface area contributed by atoms with Crippen LogP contribution in [0.15, 0.2) is 77.2 Å². The smallest absolute Gasteiger partial charge is 0.229 e. The van der Waals surface area contributed by atoms with Gasteiger partial charge in [0.15, 0.2) is 5.58 Å². The zero-order chi connectivity index (χ0) is 19.7. The van der Waals surface area contributed by atoms with Crippen molar-refractivity contribution in [3.63, 3.8) is 0 Å². The highest BCUT2D eigenvalue weighted by molar-refractivity contribution is 5.96. The summed E-state index contributed by atoms with van der Waals surface area (Å²) in [4.78, 5) is 16.8. The summed E-state index contributed by atoms with van der Waals surface area (Å²) < 4.78 is 5.90. The molecule has 140 valence electrons. The summed E-state index contributed by atoms with van der Waals surface area (Å²) in [6, 6.07) is 23.9. The molecule has 0 radical (unpaired) electrons. The summed E-state index contributed by atoms with van der Waals surface area (Å²) in [5.41, 5.74) is 4.90. The van der Waals surface area contributed by atoms with E-state index in [1.54, 1.807) is 0 Å². The van der Waals surface area contributed by atoms with Gasteiger partial charge in [-0.05, 0) is 41.5 Å². The van der Waals surface area contributed by atoms with Gasteiger partial charge < -0.3 is 9.73 Å². The van der Waals surface area contributed by atoms with Crippen LogP contribution in [0.1, 0.15) is 20.8 Å². The van der Waals surface area contributed by atoms with Crippen molar-refractivity contribution in [2.24, 2.45) is 5.41 Å². The van der Waals surface area contributed by atoms with Gasteiger partial charge in [0.1, 0.15) is 5.52 Å². The average molecular weight is 370 g/mol. The summed E-state index contributed by atoms with van der Waals surface area (Å²) in [6.07, 6.45) is 0. The van der Waals surface area contributed by atoms with Crippen LogP contribution in [0.2, 0.25) is 0 Å². The number of nitrogens with one attached hydrogen (secondary N) is 1. The maximum atomic E-state index is 12.2. The quantitative estimate of drug-likeness (QED) is 0.471. The van der Waals surface area contributed by atoms with Crippen molar-refractivity contribution in [2.45, 2.75) is 20.8 Å². The Bertz CT molecular complexity index is 1120. The molecule has 0 spiro atoms. The number of hydrogen-bond donors (Lipinski definition) is 1. The third kappa shape index (κ3) is 3.67. The highest BCUT2D eigenvalue weighted by Gasteiger charge is 2.21. The standard InChI is InChI=1S/C24H22N2O2/c1-24(2,3)23(27)25-19-13-14-21-20(15-19)26-22(28-21)18-11-9-17(10-12-18)16-7-5-4-6-8-16/h4-15H,1-3H3,(H,25,27). The second-order valence-electron chi connectivity index (χ2n) is 7.85. The van der Waals surface area contributed by atoms with Crippen LogP contribution in [0.3, 0.4) is 0 Å². The molecule has 4 heteroatoms. The molecule has 1 heterocycles. The van der Waals surface area contributed by atoms with Gasteiger partial charge in [0, 0.05) is 16.7 Å². The molecule has 0 aliphatic carbocycles. The Labute approximate surface area is 164 Å². The first-order chi connectivity index (χ1) is 13.4. The van der Waals surface area contributed by atoms with Crippen LogP contribution >= 0.6 is 0 Å². The van der Waals surface area contributed by atoms with Crippen molar-refractivity contribution in [1.82, 2.24) is 4.98 Å². The van der Waals surface area contributed by atoms with E-state index in [2.05, 4.69) is 34.6 Å². The lowest BCUT2D eigenvalue weighted by Crippen LogP contribution is -2.27. The molecule has 0 saturated carbocycles. The Hall–Kier alpha value is -3.40. The Morgan fingerprint density at radius 2 is 1.50 bits per heavy atom. The molecule has 1 amide bonds. The lowest BCUT2D eigenvalue weighted by atomic mass is 9.95. The van der Waals surface area contributed by atoms with Crippen LogP contribution in [-0.4, -0.2) is 10.9 Å². The van der Waals surface area contributed by atoms with Crippen LogP contribution in [0.4, 0.5) is 5.69 Å². The largest absolute Gasteiger partial charge is 0.436 e. The third-order valence-corrected chi connectivity index (χ3v) is 4.57. The lowest BCUT2D eigenvalue weighted by Gasteiger charge is -2.17. The molecule has 4 nitrogen and oxygen atoms in total. The molecule has 0 fully saturated rings. The normalized spacial score (nSPS) is 11.5. The van der Waals surface area contributed by atoms with Gasteiger partial charge in [-0.15, -0.1) is 0 Å². The van der Waals surface area contributed by atoms with E-state index in [0.717, 1.165) is 11.1 Å². The van der Waals surface area contributed by atoms with Gasteiger partial charge in [0.05, 0.1) is 0 Å². The third-order valence-electron chi connectivity index (χ3n) is 4.57. The van der Waals surface area contributed by atoms with Gasteiger partial charge in [-0.3, -0.25) is 4.79 Å². The van der Waals surface area contributed by atoms with Crippen molar-refractivity contribution in [1.29, 1.82) is 0 Å². The fourth-order valence-corrected chi connectivity index (χ4v) is 2.88. The van der Waals surface area contributed by atoms with Crippen molar-refractivity contribution >= 4 is 22.7 Å². The molecule has 0 saturated heterocycles. The number of rotatable bonds is 3. The van der Waals surface area contributed by atoms with Gasteiger partial charge >= 0.3 is 0 Å². The minimum atomic E-state index is -0.454. The molecule has 1 aromatic heterocycles. The number of aromatic nitrogens is 1. The van der Waals surface area contributed by atoms with Gasteiger partial charge in [-0.25, -0.2) is 4.98 Å². The number of hydrogen-bond acceptors (Lipinski definition) is 3. The summed E-state index contributed by atoms with van der Waals surface area (Å²) in [6.45, 7) is 5.65. The maximum Gasteiger partial charge on any atom is 0.229 e. The summed E-state index contributed by atoms with van der Waals surface area (Å²) in [5, 5.41) is 2.93. The molecule has 0 atom stereocenters. The second kappa shape index (κ2) is 6.97. The number of nitrogens with zero attached hydrogens (tertiary/aromatic N) is 1. The summed E-state index contributed by atoms with van der Waals surface area (Å²) >= 11 is 0. The van der Waals surface area contributed by atoms with Crippen molar-refractivity contribution < 1.29 is 9.21 Å². The van der Waals surface area contributed by atoms with Crippen molar-refractivity contribution in [2.75, 3.05) is 5.32 Å². The van der Waals surface area contributed by atoms with Crippen LogP contribution in [-0.2, 0) is 4.79 Å². The second-order valence-corrected chi connectivity index (χ2v) is 7.85. The van der Waals surface area contributed by atoms with Crippen molar-refractivity contribution in [3.8, 4) is 22.6 Å². The molecule has 0 aliphatic rings. The Kier molecular flexibility index (Phi) is 4.47. The zero-order valence-corrected chi connectivity index (χ0v) is 16.2. The minimum Gasteiger partial charge on any atom is -0.436 e. The van der Waals surface area contributed by atoms with Crippen LogP contribution in [0.25, 0.3) is 33.7 Å². The Morgan fingerprint density at radius 1 is 0.857 bits per heavy atom. The molecular weight excluding hydrogens is 348 g/mol. The zero-order valence-electron chi connectivity index (χ0n) is 16.2. The van der Waals surface area contributed by atoms with E-state index >= 15 is 0 Å². The Morgan fingerprint density at radius 3 is 2.18 bits per heavy atom. The molecule has 4 aromatic rings. The van der Waals surface area contributed by atoms with E-state index in [4.69, 9.17) is 4.42 Å². The molecule has 0 aliphatic heterocycles. The number of oxazole rings is 1. The minimum absolute atomic E-state index is 0.0351. The number of carbonyl (C=O) groups is 1. The number of amides is 1. The average Bonchev–Trinajstić information content (AvgIpc) is 3.11. The van der Waals surface area contributed by atoms with Gasteiger partial charge in [0.2, 0.25) is 11.8 Å². The molecule has 28 heavy (non-hydrogen) atoms. The maximum absolute atomic E-state index is 12.2. The predicted molar refractivity (Wildman–Crippen MR) is 113 cm³/mol. The number of carbonyl (C=O) groups excluding carboxylic acids is 1. The van der Waals surface area contributed by atoms with E-state index < -0.39 is 5.41 Å². The first kappa shape index (κ1) is 18.0. The van der Waals surface area contributed by atoms with Gasteiger partial charge in [-0.1, -0.05) is 63.2 Å². The van der Waals surface area contributed by atoms with Crippen LogP contribution in [0.5, 0.6) is 0 Å². The first-order valence-corrected chi connectivity index (χ1v) is 9.28. The van der Waals surface area contributed by atoms with Gasteiger partial charge in [-0.2, -0.15) is 0 Å². The topological polar surface area (TPSA) is 55.1 Å². The molecule has 0 unspecified atom stereocenters. The SMILES string of the molecule is CC(C)(C)C(=O)Nc1ccc2oc(-c3ccc(-c4ccccc4)cc3)nc2c1. The lowest BCUT2D eigenvalue weighted by molar-refractivity contribution is -0.123. The number of benzene rings is 3. The molecule has 1 N–H and O–H groups in total. The van der Waals surface area contributed by atoms with E-state index in [1.807, 2.05) is 69.3 Å². The van der Waals surface area contributed by atoms with E-state index in [1.165, 1.54) is 5.56 Å². The Balaban J connectivity index is 1.60. The monoisotopic (exact) mass is 370 g/mol. The van der Waals surface area contributed by atoms with Gasteiger partial charge in [0.25, 0.3) is 0 Å². The highest BCUT2D eigenvalue weighted by atomic mass is 16.3. The molecule has 0 bridgehead atoms. The van der Waals surface area contributed by atoms with E-state index in [-0.39, 0.29) is 5.91 Å². The number of fused-ring (bicyclic) bond motifs is 1. The first-order valence-electron chi connectivity index (χ1n) is 9.28. The van der Waals surface area contributed by atoms with Crippen LogP contribution < -0.4 is 5.32 Å². The fraction of sp³-hybridized carbons (Fsp3) is 0.167. The number of anilines is 1. The summed E-state index contributed by atoms with van der Waals surface area (Å²) in [7, 11) is 0. The fourth-order valence-electron chi connectivity index (χ4n) is 2.88. The highest BCUT2D eigenvalue weighted by Crippen LogP contribution is 2.29. The van der Waals surface area contributed by atoms with E-state index in [9.17, 15) is 4.79 Å². The van der Waals surface area contributed by atoms with Crippen molar-refractivity contribution in [3.05, 3.63) is 72.8 Å². The molecular formula is C24H22N2O2. The molecule has 3 aromatic carbocycles. The summed E-state index contributed by atoms with van der Waals surface area (Å²) in [5.74, 6) is 0.529. The van der Waals surface area contributed by atoms with E-state index in [0.29, 0.717) is 22.7 Å². The molecule has 4 rings (SSSR count).